The van der Waals surface area contributed by atoms with Crippen molar-refractivity contribution in [1.29, 1.82) is 0 Å². The molecular weight excluding hydrogens is 634 g/mol. The number of ether oxygens (including phenoxy) is 2. The highest BCUT2D eigenvalue weighted by molar-refractivity contribution is 5.76. The zero-order chi connectivity index (χ0) is 36.7. The number of allylic oxidation sites excluding steroid dienone is 5. The van der Waals surface area contributed by atoms with E-state index in [2.05, 4.69) is 43.5 Å². The number of rotatable bonds is 32. The van der Waals surface area contributed by atoms with Crippen LogP contribution < -0.4 is 5.32 Å². The predicted molar refractivity (Wildman–Crippen MR) is 203 cm³/mol. The van der Waals surface area contributed by atoms with E-state index in [1.807, 2.05) is 6.08 Å². The zero-order valence-electron chi connectivity index (χ0n) is 31.6. The van der Waals surface area contributed by atoms with Gasteiger partial charge in [0.1, 0.15) is 24.4 Å². The number of nitrogens with one attached hydrogen (secondary N) is 1. The number of hydrogen-bond donors (Lipinski definition) is 6. The number of carbonyl (C=O) groups excluding carboxylic acids is 1. The number of aliphatic hydroxyl groups excluding tert-OH is 5. The standard InChI is InChI=1S/C41H75NO8/c1-3-5-7-9-11-13-15-17-19-20-22-24-26-28-30-35(44)34(33-49-41-40(48)39(47)38(46)36(32-43)50-41)42-37(45)31-29-27-25-23-21-18-16-14-12-10-8-6-4-2/h14,16,20,22,28,30,34-36,38-41,43-44,46-48H,3-13,15,17-19,21,23-27,29,31-33H2,1-2H3,(H,42,45)/b16-14-,22-20+,30-28+. The van der Waals surface area contributed by atoms with Gasteiger partial charge in [0.25, 0.3) is 0 Å². The van der Waals surface area contributed by atoms with Crippen molar-refractivity contribution in [3.63, 3.8) is 0 Å². The maximum Gasteiger partial charge on any atom is 0.220 e. The van der Waals surface area contributed by atoms with Gasteiger partial charge in [-0.15, -0.1) is 0 Å². The first-order chi connectivity index (χ1) is 24.3. The van der Waals surface area contributed by atoms with Gasteiger partial charge in [-0.1, -0.05) is 134 Å². The lowest BCUT2D eigenvalue weighted by Gasteiger charge is -2.40. The summed E-state index contributed by atoms with van der Waals surface area (Å²) in [5.74, 6) is -0.199. The van der Waals surface area contributed by atoms with Crippen LogP contribution in [0.2, 0.25) is 0 Å². The van der Waals surface area contributed by atoms with Gasteiger partial charge in [-0.2, -0.15) is 0 Å². The van der Waals surface area contributed by atoms with Crippen LogP contribution in [0.4, 0.5) is 0 Å². The molecule has 0 spiro atoms. The fourth-order valence-corrected chi connectivity index (χ4v) is 6.10. The molecule has 1 aliphatic rings. The van der Waals surface area contributed by atoms with E-state index >= 15 is 0 Å². The fraction of sp³-hybridized carbons (Fsp3) is 0.829. The molecule has 0 saturated carbocycles. The van der Waals surface area contributed by atoms with Crippen molar-refractivity contribution in [2.45, 2.75) is 204 Å². The van der Waals surface area contributed by atoms with Crippen molar-refractivity contribution in [3.05, 3.63) is 36.5 Å². The van der Waals surface area contributed by atoms with Gasteiger partial charge >= 0.3 is 0 Å². The summed E-state index contributed by atoms with van der Waals surface area (Å²) in [6.45, 7) is 3.70. The lowest BCUT2D eigenvalue weighted by molar-refractivity contribution is -0.302. The van der Waals surface area contributed by atoms with Crippen molar-refractivity contribution in [1.82, 2.24) is 5.32 Å². The van der Waals surface area contributed by atoms with Crippen molar-refractivity contribution >= 4 is 5.91 Å². The zero-order valence-corrected chi connectivity index (χ0v) is 31.6. The highest BCUT2D eigenvalue weighted by atomic mass is 16.7. The molecule has 0 bridgehead atoms. The first kappa shape index (κ1) is 46.4. The van der Waals surface area contributed by atoms with E-state index in [-0.39, 0.29) is 12.5 Å². The Morgan fingerprint density at radius 1 is 0.660 bits per heavy atom. The number of carbonyl (C=O) groups is 1. The average Bonchev–Trinajstić information content (AvgIpc) is 3.11. The quantitative estimate of drug-likeness (QED) is 0.0314. The van der Waals surface area contributed by atoms with Crippen LogP contribution in [0.25, 0.3) is 0 Å². The van der Waals surface area contributed by atoms with Crippen LogP contribution in [-0.2, 0) is 14.3 Å². The van der Waals surface area contributed by atoms with Crippen LogP contribution >= 0.6 is 0 Å². The van der Waals surface area contributed by atoms with Crippen molar-refractivity contribution in [3.8, 4) is 0 Å². The second kappa shape index (κ2) is 32.1. The minimum atomic E-state index is -1.57. The Hall–Kier alpha value is -1.59. The van der Waals surface area contributed by atoms with E-state index in [9.17, 15) is 30.3 Å². The van der Waals surface area contributed by atoms with Crippen LogP contribution in [0, 0.1) is 0 Å². The van der Waals surface area contributed by atoms with Gasteiger partial charge in [0.15, 0.2) is 6.29 Å². The predicted octanol–water partition coefficient (Wildman–Crippen LogP) is 7.33. The van der Waals surface area contributed by atoms with Gasteiger partial charge in [-0.3, -0.25) is 4.79 Å². The van der Waals surface area contributed by atoms with E-state index in [4.69, 9.17) is 9.47 Å². The summed E-state index contributed by atoms with van der Waals surface area (Å²) in [6.07, 6.45) is 30.4. The van der Waals surface area contributed by atoms with Crippen LogP contribution in [0.1, 0.15) is 162 Å². The van der Waals surface area contributed by atoms with Crippen LogP contribution in [0.15, 0.2) is 36.5 Å². The normalized spacial score (nSPS) is 22.6. The molecule has 1 saturated heterocycles. The van der Waals surface area contributed by atoms with Crippen LogP contribution in [-0.4, -0.2) is 87.5 Å². The van der Waals surface area contributed by atoms with Gasteiger partial charge in [0.05, 0.1) is 25.4 Å². The molecule has 0 aromatic rings. The summed E-state index contributed by atoms with van der Waals surface area (Å²) in [6, 6.07) is -0.822. The van der Waals surface area contributed by atoms with E-state index in [1.165, 1.54) is 83.5 Å². The molecule has 6 N–H and O–H groups in total. The Morgan fingerprint density at radius 2 is 1.14 bits per heavy atom. The molecule has 50 heavy (non-hydrogen) atoms. The maximum atomic E-state index is 12.9. The highest BCUT2D eigenvalue weighted by Crippen LogP contribution is 2.22. The summed E-state index contributed by atoms with van der Waals surface area (Å²) < 4.78 is 11.1. The summed E-state index contributed by atoms with van der Waals surface area (Å²) >= 11 is 0. The summed E-state index contributed by atoms with van der Waals surface area (Å²) in [4.78, 5) is 12.9. The first-order valence-electron chi connectivity index (χ1n) is 20.2. The number of aliphatic hydroxyl groups is 5. The Bertz CT molecular complexity index is 879. The van der Waals surface area contributed by atoms with Gasteiger partial charge in [-0.25, -0.2) is 0 Å². The Kier molecular flexibility index (Phi) is 29.8. The molecule has 1 aliphatic heterocycles. The molecule has 1 fully saturated rings. The monoisotopic (exact) mass is 710 g/mol. The third-order valence-corrected chi connectivity index (χ3v) is 9.44. The summed E-state index contributed by atoms with van der Waals surface area (Å²) in [7, 11) is 0. The molecule has 9 heteroatoms. The molecular formula is C41H75NO8. The van der Waals surface area contributed by atoms with Crippen LogP contribution in [0.5, 0.6) is 0 Å². The summed E-state index contributed by atoms with van der Waals surface area (Å²) in [5, 5.41) is 53.9. The Morgan fingerprint density at radius 3 is 1.70 bits per heavy atom. The van der Waals surface area contributed by atoms with Gasteiger partial charge < -0.3 is 40.3 Å². The summed E-state index contributed by atoms with van der Waals surface area (Å²) in [5.41, 5.74) is 0. The molecule has 0 radical (unpaired) electrons. The van der Waals surface area contributed by atoms with Gasteiger partial charge in [-0.05, 0) is 57.8 Å². The number of amides is 1. The minimum absolute atomic E-state index is 0.199. The topological polar surface area (TPSA) is 149 Å². The molecule has 7 unspecified atom stereocenters. The molecule has 7 atom stereocenters. The van der Waals surface area contributed by atoms with Crippen LogP contribution in [0.3, 0.4) is 0 Å². The van der Waals surface area contributed by atoms with E-state index < -0.39 is 49.5 Å². The minimum Gasteiger partial charge on any atom is -0.394 e. The largest absolute Gasteiger partial charge is 0.394 e. The average molecular weight is 710 g/mol. The first-order valence-corrected chi connectivity index (χ1v) is 20.2. The Balaban J connectivity index is 2.48. The Labute approximate surface area is 304 Å². The number of unbranched alkanes of at least 4 members (excludes halogenated alkanes) is 18. The van der Waals surface area contributed by atoms with Gasteiger partial charge in [0.2, 0.25) is 5.91 Å². The van der Waals surface area contributed by atoms with Crippen molar-refractivity contribution < 1.29 is 39.8 Å². The molecule has 1 amide bonds. The third kappa shape index (κ3) is 23.1. The third-order valence-electron chi connectivity index (χ3n) is 9.44. The molecule has 0 aliphatic carbocycles. The van der Waals surface area contributed by atoms with Crippen molar-refractivity contribution in [2.75, 3.05) is 13.2 Å². The lowest BCUT2D eigenvalue weighted by atomic mass is 9.99. The van der Waals surface area contributed by atoms with E-state index in [0.717, 1.165) is 57.8 Å². The van der Waals surface area contributed by atoms with E-state index in [1.54, 1.807) is 6.08 Å². The highest BCUT2D eigenvalue weighted by Gasteiger charge is 2.44. The molecule has 1 rings (SSSR count). The SMILES string of the molecule is CCCCCC/C=C\CCCCCCCC(=O)NC(COC1OC(CO)C(O)C(O)C1O)C(O)/C=C/CC/C=C/CCCCCCCCCC. The second-order valence-corrected chi connectivity index (χ2v) is 14.1. The van der Waals surface area contributed by atoms with E-state index in [0.29, 0.717) is 6.42 Å². The second-order valence-electron chi connectivity index (χ2n) is 14.1. The lowest BCUT2D eigenvalue weighted by Crippen LogP contribution is -2.60. The smallest absolute Gasteiger partial charge is 0.220 e. The molecule has 9 nitrogen and oxygen atoms in total. The molecule has 292 valence electrons. The fourth-order valence-electron chi connectivity index (χ4n) is 6.10. The maximum absolute atomic E-state index is 12.9. The molecule has 1 heterocycles. The molecule has 0 aromatic carbocycles. The molecule has 0 aromatic heterocycles. The van der Waals surface area contributed by atoms with Gasteiger partial charge in [0, 0.05) is 6.42 Å². The number of hydrogen-bond acceptors (Lipinski definition) is 8. The van der Waals surface area contributed by atoms with Crippen molar-refractivity contribution in [2.24, 2.45) is 0 Å².